The first kappa shape index (κ1) is 22.4. The normalized spacial score (nSPS) is 19.3. The Kier molecular flexibility index (Phi) is 10.9. The maximum absolute atomic E-state index is 11.8. The molecule has 0 unspecified atom stereocenters. The van der Waals surface area contributed by atoms with Crippen LogP contribution in [0, 0.1) is 21.6 Å². The minimum atomic E-state index is -0.546. The molecule has 1 aliphatic carbocycles. The van der Waals surface area contributed by atoms with E-state index in [1.54, 1.807) is 0 Å². The van der Waals surface area contributed by atoms with E-state index in [2.05, 4.69) is 21.2 Å². The highest BCUT2D eigenvalue weighted by atomic mass is 35.5. The molecule has 4 amide bonds. The van der Waals surface area contributed by atoms with Crippen molar-refractivity contribution < 1.29 is 9.59 Å². The van der Waals surface area contributed by atoms with Crippen LogP contribution < -0.4 is 10.6 Å². The number of alkyl halides is 2. The van der Waals surface area contributed by atoms with Crippen molar-refractivity contribution in [1.82, 2.24) is 20.7 Å². The summed E-state index contributed by atoms with van der Waals surface area (Å²) in [7, 11) is 0. The van der Waals surface area contributed by atoms with Gasteiger partial charge in [-0.25, -0.2) is 9.59 Å². The van der Waals surface area contributed by atoms with Crippen LogP contribution in [0.5, 0.6) is 0 Å². The van der Waals surface area contributed by atoms with Crippen LogP contribution in [0.15, 0.2) is 10.6 Å². The van der Waals surface area contributed by atoms with Crippen LogP contribution in [-0.4, -0.2) is 60.0 Å². The number of nitrogens with zero attached hydrogens (tertiary/aromatic N) is 4. The maximum Gasteiger partial charge on any atom is 0.340 e. The molecule has 0 saturated heterocycles. The van der Waals surface area contributed by atoms with Gasteiger partial charge in [-0.05, 0) is 37.5 Å². The molecular formula is C14H24Cl2N6O4. The van der Waals surface area contributed by atoms with Gasteiger partial charge in [-0.1, -0.05) is 0 Å². The highest BCUT2D eigenvalue weighted by molar-refractivity contribution is 6.18. The summed E-state index contributed by atoms with van der Waals surface area (Å²) in [5.74, 6) is 0.884. The van der Waals surface area contributed by atoms with Crippen LogP contribution in [0.4, 0.5) is 9.59 Å². The number of nitrogens with one attached hydrogen (secondary N) is 2. The van der Waals surface area contributed by atoms with Crippen LogP contribution in [0.2, 0.25) is 0 Å². The number of carbonyl (C=O) groups is 2. The van der Waals surface area contributed by atoms with Gasteiger partial charge in [0.25, 0.3) is 0 Å². The van der Waals surface area contributed by atoms with E-state index in [4.69, 9.17) is 23.2 Å². The molecule has 0 aromatic rings. The molecule has 26 heavy (non-hydrogen) atoms. The Morgan fingerprint density at radius 3 is 1.42 bits per heavy atom. The van der Waals surface area contributed by atoms with Crippen molar-refractivity contribution in [1.29, 1.82) is 0 Å². The molecule has 0 aromatic heterocycles. The SMILES string of the molecule is O=NN(CCCl)C(=O)NCC1CCC(CNC(=O)N(CCCl)N=O)CC1. The molecule has 1 aliphatic rings. The van der Waals surface area contributed by atoms with Gasteiger partial charge in [0.2, 0.25) is 0 Å². The second-order valence-corrected chi connectivity index (χ2v) is 6.80. The largest absolute Gasteiger partial charge is 0.340 e. The van der Waals surface area contributed by atoms with E-state index in [1.807, 2.05) is 0 Å². The van der Waals surface area contributed by atoms with Crippen LogP contribution >= 0.6 is 23.2 Å². The van der Waals surface area contributed by atoms with E-state index >= 15 is 0 Å². The predicted molar refractivity (Wildman–Crippen MR) is 98.7 cm³/mol. The van der Waals surface area contributed by atoms with E-state index in [1.165, 1.54) is 0 Å². The second kappa shape index (κ2) is 12.6. The lowest BCUT2D eigenvalue weighted by Crippen LogP contribution is -2.42. The van der Waals surface area contributed by atoms with Gasteiger partial charge in [0.15, 0.2) is 0 Å². The van der Waals surface area contributed by atoms with Gasteiger partial charge in [-0.3, -0.25) is 0 Å². The molecule has 1 saturated carbocycles. The third kappa shape index (κ3) is 7.69. The van der Waals surface area contributed by atoms with Crippen LogP contribution in [0.25, 0.3) is 0 Å². The van der Waals surface area contributed by atoms with E-state index < -0.39 is 12.1 Å². The number of hydrogen-bond donors (Lipinski definition) is 2. The van der Waals surface area contributed by atoms with Crippen LogP contribution in [-0.2, 0) is 0 Å². The number of amides is 4. The molecule has 0 radical (unpaired) electrons. The lowest BCUT2D eigenvalue weighted by atomic mass is 9.82. The van der Waals surface area contributed by atoms with E-state index in [-0.39, 0.29) is 24.8 Å². The number of carbonyl (C=O) groups excluding carboxylic acids is 2. The molecule has 0 spiro atoms. The fourth-order valence-corrected chi connectivity index (χ4v) is 3.12. The van der Waals surface area contributed by atoms with Gasteiger partial charge in [0.1, 0.15) is 0 Å². The van der Waals surface area contributed by atoms with Crippen LogP contribution in [0.1, 0.15) is 25.7 Å². The molecule has 0 bridgehead atoms. The van der Waals surface area contributed by atoms with Crippen molar-refractivity contribution in [3.05, 3.63) is 9.81 Å². The summed E-state index contributed by atoms with van der Waals surface area (Å²) in [4.78, 5) is 44.6. The Morgan fingerprint density at radius 2 is 1.15 bits per heavy atom. The van der Waals surface area contributed by atoms with Gasteiger partial charge in [0.05, 0.1) is 23.7 Å². The summed E-state index contributed by atoms with van der Waals surface area (Å²) < 4.78 is 0. The number of nitroso groups, excluding NO2 is 2. The van der Waals surface area contributed by atoms with Gasteiger partial charge in [-0.15, -0.1) is 33.0 Å². The molecule has 0 aliphatic heterocycles. The Morgan fingerprint density at radius 1 is 0.808 bits per heavy atom. The topological polar surface area (TPSA) is 124 Å². The Balaban J connectivity index is 2.26. The van der Waals surface area contributed by atoms with Gasteiger partial charge in [0, 0.05) is 24.8 Å². The smallest absolute Gasteiger partial charge is 0.336 e. The Hall–Kier alpha value is -1.68. The Bertz CT molecular complexity index is 434. The van der Waals surface area contributed by atoms with E-state index in [0.29, 0.717) is 24.9 Å². The maximum atomic E-state index is 11.8. The van der Waals surface area contributed by atoms with Crippen molar-refractivity contribution in [2.24, 2.45) is 22.4 Å². The van der Waals surface area contributed by atoms with E-state index in [9.17, 15) is 19.4 Å². The first-order valence-electron chi connectivity index (χ1n) is 8.44. The average Bonchev–Trinajstić information content (AvgIpc) is 2.67. The summed E-state index contributed by atoms with van der Waals surface area (Å²) in [6.45, 7) is 1.06. The molecule has 0 atom stereocenters. The zero-order valence-corrected chi connectivity index (χ0v) is 15.9. The van der Waals surface area contributed by atoms with Gasteiger partial charge >= 0.3 is 12.1 Å². The van der Waals surface area contributed by atoms with Crippen molar-refractivity contribution >= 4 is 35.3 Å². The third-order valence-electron chi connectivity index (χ3n) is 4.31. The highest BCUT2D eigenvalue weighted by Crippen LogP contribution is 2.28. The third-order valence-corrected chi connectivity index (χ3v) is 4.65. The molecule has 2 N–H and O–H groups in total. The molecule has 10 nitrogen and oxygen atoms in total. The quantitative estimate of drug-likeness (QED) is 0.326. The minimum Gasteiger partial charge on any atom is -0.336 e. The van der Waals surface area contributed by atoms with Crippen molar-refractivity contribution in [3.63, 3.8) is 0 Å². The highest BCUT2D eigenvalue weighted by Gasteiger charge is 2.24. The lowest BCUT2D eigenvalue weighted by Gasteiger charge is -2.29. The van der Waals surface area contributed by atoms with Crippen molar-refractivity contribution in [2.75, 3.05) is 37.9 Å². The number of hydrogen-bond acceptors (Lipinski definition) is 6. The van der Waals surface area contributed by atoms with Gasteiger partial charge in [-0.2, -0.15) is 10.0 Å². The molecule has 0 heterocycles. The fourth-order valence-electron chi connectivity index (χ4n) is 2.80. The average molecular weight is 411 g/mol. The predicted octanol–water partition coefficient (Wildman–Crippen LogP) is 2.66. The first-order valence-corrected chi connectivity index (χ1v) is 9.51. The molecule has 0 aromatic carbocycles. The summed E-state index contributed by atoms with van der Waals surface area (Å²) >= 11 is 11.0. The number of rotatable bonds is 10. The first-order chi connectivity index (χ1) is 12.5. The summed E-state index contributed by atoms with van der Waals surface area (Å²) in [5, 5.41) is 12.2. The molecule has 12 heteroatoms. The van der Waals surface area contributed by atoms with Crippen molar-refractivity contribution in [3.8, 4) is 0 Å². The molecule has 1 fully saturated rings. The summed E-state index contributed by atoms with van der Waals surface area (Å²) in [5.41, 5.74) is 0. The lowest BCUT2D eigenvalue weighted by molar-refractivity contribution is 0.190. The monoisotopic (exact) mass is 410 g/mol. The standard InChI is InChI=1S/C14H24Cl2N6O4/c15-5-7-21(19-25)13(23)17-9-11-1-2-12(4-3-11)10-18-14(24)22(20-26)8-6-16/h11-12H,1-10H2,(H,17,23)(H,18,24). The Labute approximate surface area is 161 Å². The summed E-state index contributed by atoms with van der Waals surface area (Å²) in [6.07, 6.45) is 3.56. The zero-order chi connectivity index (χ0) is 19.4. The number of urea groups is 2. The second-order valence-electron chi connectivity index (χ2n) is 6.05. The van der Waals surface area contributed by atoms with E-state index in [0.717, 1.165) is 35.7 Å². The molecule has 148 valence electrons. The fraction of sp³-hybridized carbons (Fsp3) is 0.857. The van der Waals surface area contributed by atoms with Crippen molar-refractivity contribution in [2.45, 2.75) is 25.7 Å². The summed E-state index contributed by atoms with van der Waals surface area (Å²) in [6, 6.07) is -1.09. The molecule has 1 rings (SSSR count). The van der Waals surface area contributed by atoms with Crippen LogP contribution in [0.3, 0.4) is 0 Å². The number of halogens is 2. The zero-order valence-electron chi connectivity index (χ0n) is 14.4. The minimum absolute atomic E-state index is 0.0692. The van der Waals surface area contributed by atoms with Gasteiger partial charge < -0.3 is 10.6 Å². The molecular weight excluding hydrogens is 387 g/mol.